The largest absolute Gasteiger partial charge is 0.357 e. The molecule has 0 spiro atoms. The van der Waals surface area contributed by atoms with Crippen molar-refractivity contribution in [2.45, 2.75) is 19.3 Å². The van der Waals surface area contributed by atoms with Crippen LogP contribution in [0.25, 0.3) is 0 Å². The minimum atomic E-state index is 0.322. The van der Waals surface area contributed by atoms with Crippen molar-refractivity contribution in [2.24, 2.45) is 0 Å². The van der Waals surface area contributed by atoms with E-state index in [-0.39, 0.29) is 0 Å². The van der Waals surface area contributed by atoms with Crippen molar-refractivity contribution >= 4 is 52.8 Å². The predicted molar refractivity (Wildman–Crippen MR) is 72.7 cm³/mol. The van der Waals surface area contributed by atoms with Gasteiger partial charge in [0, 0.05) is 13.1 Å². The molecule has 2 heterocycles. The Bertz CT molecular complexity index is 452. The van der Waals surface area contributed by atoms with Gasteiger partial charge in [0.15, 0.2) is 0 Å². The van der Waals surface area contributed by atoms with Gasteiger partial charge in [0.2, 0.25) is 0 Å². The smallest absolute Gasteiger partial charge is 0.128 e. The first kappa shape index (κ1) is 12.5. The Hall–Kier alpha value is 0.0400. The number of aromatic nitrogens is 1. The number of anilines is 1. The molecular weight excluding hydrogens is 287 g/mol. The number of pyridine rings is 1. The highest BCUT2D eigenvalue weighted by Crippen LogP contribution is 2.34. The Labute approximate surface area is 114 Å². The van der Waals surface area contributed by atoms with Crippen LogP contribution in [0.1, 0.15) is 19.3 Å². The summed E-state index contributed by atoms with van der Waals surface area (Å²) >= 11 is 23.2. The average Bonchev–Trinajstić information content (AvgIpc) is 2.32. The van der Waals surface area contributed by atoms with E-state index in [2.05, 4.69) is 9.88 Å². The zero-order chi connectivity index (χ0) is 11.7. The van der Waals surface area contributed by atoms with Gasteiger partial charge in [-0.05, 0) is 19.3 Å². The molecule has 1 saturated heterocycles. The zero-order valence-electron chi connectivity index (χ0n) is 8.52. The first-order valence-corrected chi connectivity index (χ1v) is 6.67. The standard InChI is InChI=1S/C10H11Cl3N2S/c11-6-8(16)7(12)10(14-9(6)13)15-4-2-1-3-5-15/h1-5H2,(H,14,16). The summed E-state index contributed by atoms with van der Waals surface area (Å²) in [5.74, 6) is 0.792. The number of rotatable bonds is 1. The summed E-state index contributed by atoms with van der Waals surface area (Å²) in [4.78, 5) is 5.19. The fourth-order valence-electron chi connectivity index (χ4n) is 1.85. The summed E-state index contributed by atoms with van der Waals surface area (Å²) in [5, 5.41) is 1.17. The van der Waals surface area contributed by atoms with Crippen LogP contribution in [0.15, 0.2) is 0 Å². The van der Waals surface area contributed by atoms with Crippen molar-refractivity contribution < 1.29 is 0 Å². The van der Waals surface area contributed by atoms with Crippen molar-refractivity contribution in [3.63, 3.8) is 0 Å². The number of halogens is 3. The van der Waals surface area contributed by atoms with Crippen LogP contribution >= 0.6 is 47.0 Å². The highest BCUT2D eigenvalue weighted by molar-refractivity contribution is 7.71. The van der Waals surface area contributed by atoms with Crippen molar-refractivity contribution in [3.8, 4) is 0 Å². The summed E-state index contributed by atoms with van der Waals surface area (Å²) in [5.41, 5.74) is 0. The molecule has 1 aliphatic rings. The molecule has 0 aromatic carbocycles. The van der Waals surface area contributed by atoms with Crippen molar-refractivity contribution in [1.82, 2.24) is 4.98 Å². The molecule has 0 atom stereocenters. The van der Waals surface area contributed by atoms with Crippen LogP contribution in [0.4, 0.5) is 5.82 Å². The van der Waals surface area contributed by atoms with Gasteiger partial charge >= 0.3 is 0 Å². The zero-order valence-corrected chi connectivity index (χ0v) is 11.6. The number of piperidine rings is 1. The van der Waals surface area contributed by atoms with E-state index in [0.29, 0.717) is 19.7 Å². The maximum Gasteiger partial charge on any atom is 0.128 e. The summed E-state index contributed by atoms with van der Waals surface area (Å²) in [6.45, 7) is 1.95. The van der Waals surface area contributed by atoms with Crippen molar-refractivity contribution in [3.05, 3.63) is 19.7 Å². The maximum absolute atomic E-state index is 6.18. The van der Waals surface area contributed by atoms with Crippen LogP contribution in [0.2, 0.25) is 15.2 Å². The van der Waals surface area contributed by atoms with Gasteiger partial charge in [0.25, 0.3) is 0 Å². The predicted octanol–water partition coefficient (Wildman–Crippen LogP) is 4.69. The Morgan fingerprint density at radius 1 is 1.00 bits per heavy atom. The molecule has 2 nitrogen and oxygen atoms in total. The lowest BCUT2D eigenvalue weighted by Gasteiger charge is -2.29. The fraction of sp³-hybridized carbons (Fsp3) is 0.500. The van der Waals surface area contributed by atoms with E-state index in [4.69, 9.17) is 47.0 Å². The van der Waals surface area contributed by atoms with E-state index < -0.39 is 0 Å². The number of aromatic amines is 1. The van der Waals surface area contributed by atoms with Gasteiger partial charge in [0.1, 0.15) is 16.0 Å². The van der Waals surface area contributed by atoms with E-state index in [1.807, 2.05) is 0 Å². The lowest BCUT2D eigenvalue weighted by molar-refractivity contribution is 0.573. The van der Waals surface area contributed by atoms with Gasteiger partial charge in [-0.3, -0.25) is 0 Å². The molecular formula is C10H11Cl3N2S. The second-order valence-electron chi connectivity index (χ2n) is 3.79. The number of hydrogen-bond acceptors (Lipinski definition) is 2. The third-order valence-corrected chi connectivity index (χ3v) is 4.46. The van der Waals surface area contributed by atoms with Crippen LogP contribution in [-0.2, 0) is 0 Å². The normalized spacial score (nSPS) is 16.6. The van der Waals surface area contributed by atoms with E-state index in [9.17, 15) is 0 Å². The third-order valence-electron chi connectivity index (χ3n) is 2.70. The SMILES string of the molecule is S=c1c(Cl)c(Cl)[nH]c(N2CCCCC2)c1Cl. The highest BCUT2D eigenvalue weighted by Gasteiger charge is 2.17. The molecule has 0 saturated carbocycles. The molecule has 0 radical (unpaired) electrons. The molecule has 1 aromatic rings. The second kappa shape index (κ2) is 5.13. The van der Waals surface area contributed by atoms with Gasteiger partial charge in [-0.1, -0.05) is 47.0 Å². The molecule has 1 fully saturated rings. The Kier molecular flexibility index (Phi) is 4.01. The molecule has 6 heteroatoms. The summed E-state index contributed by atoms with van der Waals surface area (Å²) < 4.78 is 0.424. The minimum Gasteiger partial charge on any atom is -0.357 e. The van der Waals surface area contributed by atoms with E-state index in [0.717, 1.165) is 31.7 Å². The number of H-pyrrole nitrogens is 1. The average molecular weight is 298 g/mol. The van der Waals surface area contributed by atoms with E-state index in [1.54, 1.807) is 0 Å². The van der Waals surface area contributed by atoms with Gasteiger partial charge in [-0.2, -0.15) is 0 Å². The molecule has 16 heavy (non-hydrogen) atoms. The molecule has 88 valence electrons. The van der Waals surface area contributed by atoms with Crippen LogP contribution in [-0.4, -0.2) is 18.1 Å². The van der Waals surface area contributed by atoms with Gasteiger partial charge < -0.3 is 9.88 Å². The van der Waals surface area contributed by atoms with Gasteiger partial charge in [-0.15, -0.1) is 0 Å². The molecule has 0 bridgehead atoms. The van der Waals surface area contributed by atoms with Crippen LogP contribution in [0, 0.1) is 4.51 Å². The summed E-state index contributed by atoms with van der Waals surface area (Å²) in [6.07, 6.45) is 3.59. The van der Waals surface area contributed by atoms with Gasteiger partial charge in [-0.25, -0.2) is 0 Å². The number of nitrogens with zero attached hydrogens (tertiary/aromatic N) is 1. The van der Waals surface area contributed by atoms with Crippen LogP contribution in [0.3, 0.4) is 0 Å². The lowest BCUT2D eigenvalue weighted by Crippen LogP contribution is -2.30. The Morgan fingerprint density at radius 2 is 1.62 bits per heavy atom. The Morgan fingerprint density at radius 3 is 2.25 bits per heavy atom. The number of hydrogen-bond donors (Lipinski definition) is 1. The quantitative estimate of drug-likeness (QED) is 0.599. The topological polar surface area (TPSA) is 19.0 Å². The monoisotopic (exact) mass is 296 g/mol. The molecule has 1 aliphatic heterocycles. The van der Waals surface area contributed by atoms with E-state index in [1.165, 1.54) is 6.42 Å². The maximum atomic E-state index is 6.18. The second-order valence-corrected chi connectivity index (χ2v) is 5.33. The molecule has 1 aromatic heterocycles. The van der Waals surface area contributed by atoms with Crippen LogP contribution < -0.4 is 4.90 Å². The summed E-state index contributed by atoms with van der Waals surface area (Å²) in [7, 11) is 0. The first-order chi connectivity index (χ1) is 7.61. The molecule has 0 amide bonds. The van der Waals surface area contributed by atoms with Gasteiger partial charge in [0.05, 0.1) is 9.53 Å². The molecule has 0 unspecified atom stereocenters. The third kappa shape index (κ3) is 2.33. The van der Waals surface area contributed by atoms with Crippen molar-refractivity contribution in [1.29, 1.82) is 0 Å². The Balaban J connectivity index is 2.44. The highest BCUT2D eigenvalue weighted by atomic mass is 35.5. The van der Waals surface area contributed by atoms with Crippen LogP contribution in [0.5, 0.6) is 0 Å². The summed E-state index contributed by atoms with van der Waals surface area (Å²) in [6, 6.07) is 0. The minimum absolute atomic E-state index is 0.322. The fourth-order valence-corrected chi connectivity index (χ4v) is 2.74. The first-order valence-electron chi connectivity index (χ1n) is 5.13. The van der Waals surface area contributed by atoms with Crippen molar-refractivity contribution in [2.75, 3.05) is 18.0 Å². The number of nitrogens with one attached hydrogen (secondary N) is 1. The lowest BCUT2D eigenvalue weighted by atomic mass is 10.1. The molecule has 2 rings (SSSR count). The molecule has 0 aliphatic carbocycles. The van der Waals surface area contributed by atoms with E-state index >= 15 is 0 Å². The molecule has 1 N–H and O–H groups in total.